The van der Waals surface area contributed by atoms with Gasteiger partial charge >= 0.3 is 0 Å². The van der Waals surface area contributed by atoms with E-state index in [0.29, 0.717) is 35.2 Å². The smallest absolute Gasteiger partial charge is 0.257 e. The van der Waals surface area contributed by atoms with E-state index in [-0.39, 0.29) is 5.91 Å². The molecule has 0 spiro atoms. The highest BCUT2D eigenvalue weighted by Crippen LogP contribution is 2.27. The molecule has 2 heterocycles. The summed E-state index contributed by atoms with van der Waals surface area (Å²) in [5.74, 6) is 2.41. The number of carbonyl (C=O) groups is 1. The SMILES string of the molecule is COc1ccc(C(=O)Nc2ccc(NCc3ccco3)nn2)cc1OC. The highest BCUT2D eigenvalue weighted by atomic mass is 16.5. The van der Waals surface area contributed by atoms with E-state index in [1.54, 1.807) is 36.6 Å². The van der Waals surface area contributed by atoms with E-state index in [4.69, 9.17) is 13.9 Å². The van der Waals surface area contributed by atoms with E-state index in [1.165, 1.54) is 14.2 Å². The van der Waals surface area contributed by atoms with Crippen molar-refractivity contribution < 1.29 is 18.7 Å². The predicted octanol–water partition coefficient (Wildman–Crippen LogP) is 2.95. The number of methoxy groups -OCH3 is 2. The number of hydrogen-bond donors (Lipinski definition) is 2. The lowest BCUT2D eigenvalue weighted by atomic mass is 10.2. The third kappa shape index (κ3) is 4.10. The maximum Gasteiger partial charge on any atom is 0.257 e. The number of carbonyl (C=O) groups excluding carboxylic acids is 1. The molecule has 0 aliphatic carbocycles. The number of amides is 1. The van der Waals surface area contributed by atoms with E-state index in [2.05, 4.69) is 20.8 Å². The molecule has 8 nitrogen and oxygen atoms in total. The second-order valence-corrected chi connectivity index (χ2v) is 5.26. The van der Waals surface area contributed by atoms with Gasteiger partial charge in [0, 0.05) is 5.56 Å². The van der Waals surface area contributed by atoms with Crippen LogP contribution in [-0.2, 0) is 6.54 Å². The third-order valence-electron chi connectivity index (χ3n) is 3.58. The maximum atomic E-state index is 12.3. The highest BCUT2D eigenvalue weighted by Gasteiger charge is 2.11. The van der Waals surface area contributed by atoms with E-state index < -0.39 is 0 Å². The van der Waals surface area contributed by atoms with Crippen LogP contribution < -0.4 is 20.1 Å². The fourth-order valence-electron chi connectivity index (χ4n) is 2.25. The van der Waals surface area contributed by atoms with Gasteiger partial charge in [0.15, 0.2) is 17.3 Å². The van der Waals surface area contributed by atoms with E-state index in [1.807, 2.05) is 12.1 Å². The van der Waals surface area contributed by atoms with Gasteiger partial charge in [-0.2, -0.15) is 0 Å². The van der Waals surface area contributed by atoms with Crippen molar-refractivity contribution in [3.8, 4) is 11.5 Å². The van der Waals surface area contributed by atoms with Crippen LogP contribution in [0.25, 0.3) is 0 Å². The zero-order valence-electron chi connectivity index (χ0n) is 14.4. The van der Waals surface area contributed by atoms with Crippen molar-refractivity contribution in [1.29, 1.82) is 0 Å². The lowest BCUT2D eigenvalue weighted by Gasteiger charge is -2.10. The van der Waals surface area contributed by atoms with Gasteiger partial charge in [-0.15, -0.1) is 10.2 Å². The van der Waals surface area contributed by atoms with Gasteiger partial charge in [0.2, 0.25) is 0 Å². The molecule has 0 aliphatic heterocycles. The first-order valence-electron chi connectivity index (χ1n) is 7.83. The van der Waals surface area contributed by atoms with Crippen molar-refractivity contribution >= 4 is 17.5 Å². The zero-order chi connectivity index (χ0) is 18.4. The minimum Gasteiger partial charge on any atom is -0.493 e. The summed E-state index contributed by atoms with van der Waals surface area (Å²) in [7, 11) is 3.05. The Balaban J connectivity index is 1.62. The van der Waals surface area contributed by atoms with Crippen molar-refractivity contribution in [2.45, 2.75) is 6.54 Å². The normalized spacial score (nSPS) is 10.2. The Labute approximate surface area is 150 Å². The summed E-state index contributed by atoms with van der Waals surface area (Å²) in [5, 5.41) is 13.8. The Kier molecular flexibility index (Phi) is 5.33. The van der Waals surface area contributed by atoms with E-state index in [0.717, 1.165) is 5.76 Å². The van der Waals surface area contributed by atoms with Gasteiger partial charge < -0.3 is 24.5 Å². The van der Waals surface area contributed by atoms with Crippen LogP contribution in [0.2, 0.25) is 0 Å². The highest BCUT2D eigenvalue weighted by molar-refractivity contribution is 6.04. The molecule has 0 aliphatic rings. The molecule has 1 aromatic carbocycles. The van der Waals surface area contributed by atoms with Crippen LogP contribution >= 0.6 is 0 Å². The Bertz CT molecular complexity index is 863. The van der Waals surface area contributed by atoms with Gasteiger partial charge in [-0.25, -0.2) is 0 Å². The van der Waals surface area contributed by atoms with Crippen LogP contribution in [0.1, 0.15) is 16.1 Å². The first kappa shape index (κ1) is 17.3. The quantitative estimate of drug-likeness (QED) is 0.673. The Morgan fingerprint density at radius 2 is 1.81 bits per heavy atom. The predicted molar refractivity (Wildman–Crippen MR) is 95.6 cm³/mol. The summed E-state index contributed by atoms with van der Waals surface area (Å²) >= 11 is 0. The summed E-state index contributed by atoms with van der Waals surface area (Å²) < 4.78 is 15.6. The Morgan fingerprint density at radius 1 is 1.04 bits per heavy atom. The first-order valence-corrected chi connectivity index (χ1v) is 7.83. The van der Waals surface area contributed by atoms with Crippen LogP contribution in [0, 0.1) is 0 Å². The molecule has 134 valence electrons. The number of rotatable bonds is 7. The van der Waals surface area contributed by atoms with Gasteiger partial charge in [0.05, 0.1) is 27.0 Å². The number of anilines is 2. The molecule has 8 heteroatoms. The molecule has 0 unspecified atom stereocenters. The summed E-state index contributed by atoms with van der Waals surface area (Å²) in [6.45, 7) is 0.499. The number of hydrogen-bond acceptors (Lipinski definition) is 7. The van der Waals surface area contributed by atoms with Crippen LogP contribution in [-0.4, -0.2) is 30.3 Å². The first-order chi connectivity index (χ1) is 12.7. The third-order valence-corrected chi connectivity index (χ3v) is 3.58. The second-order valence-electron chi connectivity index (χ2n) is 5.26. The minimum absolute atomic E-state index is 0.323. The molecule has 3 rings (SSSR count). The molecule has 2 N–H and O–H groups in total. The van der Waals surface area contributed by atoms with E-state index in [9.17, 15) is 4.79 Å². The van der Waals surface area contributed by atoms with Crippen LogP contribution in [0.15, 0.2) is 53.1 Å². The van der Waals surface area contributed by atoms with Crippen molar-refractivity contribution in [3.05, 3.63) is 60.1 Å². The molecule has 0 atom stereocenters. The van der Waals surface area contributed by atoms with Crippen molar-refractivity contribution in [3.63, 3.8) is 0 Å². The number of nitrogens with one attached hydrogen (secondary N) is 2. The second kappa shape index (κ2) is 8.02. The molecule has 0 fully saturated rings. The molecule has 0 saturated carbocycles. The molecule has 1 amide bonds. The van der Waals surface area contributed by atoms with Gasteiger partial charge in [0.1, 0.15) is 11.6 Å². The Morgan fingerprint density at radius 3 is 2.46 bits per heavy atom. The van der Waals surface area contributed by atoms with Crippen LogP contribution in [0.4, 0.5) is 11.6 Å². The number of furan rings is 1. The van der Waals surface area contributed by atoms with Crippen LogP contribution in [0.5, 0.6) is 11.5 Å². The number of aromatic nitrogens is 2. The largest absolute Gasteiger partial charge is 0.493 e. The van der Waals surface area contributed by atoms with Crippen molar-refractivity contribution in [1.82, 2.24) is 10.2 Å². The molecular formula is C18H18N4O4. The number of nitrogens with zero attached hydrogens (tertiary/aromatic N) is 2. The van der Waals surface area contributed by atoms with Crippen molar-refractivity contribution in [2.24, 2.45) is 0 Å². The monoisotopic (exact) mass is 354 g/mol. The summed E-state index contributed by atoms with van der Waals surface area (Å²) in [4.78, 5) is 12.3. The topological polar surface area (TPSA) is 98.5 Å². The molecule has 0 radical (unpaired) electrons. The molecule has 26 heavy (non-hydrogen) atoms. The van der Waals surface area contributed by atoms with E-state index >= 15 is 0 Å². The lowest BCUT2D eigenvalue weighted by molar-refractivity contribution is 0.102. The standard InChI is InChI=1S/C18H18N4O4/c1-24-14-6-5-12(10-15(14)25-2)18(23)20-17-8-7-16(21-22-17)19-11-13-4-3-9-26-13/h3-10H,11H2,1-2H3,(H,19,21)(H,20,22,23). The van der Waals surface area contributed by atoms with Crippen LogP contribution in [0.3, 0.4) is 0 Å². The van der Waals surface area contributed by atoms with Gasteiger partial charge in [-0.3, -0.25) is 4.79 Å². The molecule has 0 saturated heterocycles. The summed E-state index contributed by atoms with van der Waals surface area (Å²) in [6, 6.07) is 12.0. The summed E-state index contributed by atoms with van der Waals surface area (Å²) in [6.07, 6.45) is 1.61. The molecule has 0 bridgehead atoms. The molecule has 2 aromatic heterocycles. The van der Waals surface area contributed by atoms with Crippen molar-refractivity contribution in [2.75, 3.05) is 24.9 Å². The zero-order valence-corrected chi connectivity index (χ0v) is 14.4. The number of benzene rings is 1. The van der Waals surface area contributed by atoms with Gasteiger partial charge in [-0.05, 0) is 42.5 Å². The average molecular weight is 354 g/mol. The van der Waals surface area contributed by atoms with Gasteiger partial charge in [0.25, 0.3) is 5.91 Å². The maximum absolute atomic E-state index is 12.3. The average Bonchev–Trinajstić information content (AvgIpc) is 3.20. The fourth-order valence-corrected chi connectivity index (χ4v) is 2.25. The fraction of sp³-hybridized carbons (Fsp3) is 0.167. The Hall–Kier alpha value is -3.55. The van der Waals surface area contributed by atoms with Gasteiger partial charge in [-0.1, -0.05) is 0 Å². The lowest BCUT2D eigenvalue weighted by Crippen LogP contribution is -2.14. The molecule has 3 aromatic rings. The minimum atomic E-state index is -0.323. The number of ether oxygens (including phenoxy) is 2. The summed E-state index contributed by atoms with van der Waals surface area (Å²) in [5.41, 5.74) is 0.421. The molecular weight excluding hydrogens is 336 g/mol.